The highest BCUT2D eigenvalue weighted by atomic mass is 16.5. The molecule has 3 N–H and O–H groups in total. The molecule has 0 fully saturated rings. The molecule has 14 nitrogen and oxygen atoms in total. The predicted molar refractivity (Wildman–Crippen MR) is 182 cm³/mol. The molecule has 0 unspecified atom stereocenters. The van der Waals surface area contributed by atoms with E-state index in [4.69, 9.17) is 14.5 Å². The quantitative estimate of drug-likeness (QED) is 0.324. The number of aromatic nitrogens is 4. The van der Waals surface area contributed by atoms with Crippen molar-refractivity contribution >= 4 is 23.6 Å². The van der Waals surface area contributed by atoms with Gasteiger partial charge in [-0.1, -0.05) is 32.4 Å². The monoisotopic (exact) mass is 676 g/mol. The van der Waals surface area contributed by atoms with Crippen LogP contribution in [0.15, 0.2) is 42.7 Å². The molecule has 0 saturated heterocycles. The van der Waals surface area contributed by atoms with E-state index in [1.807, 2.05) is 32.0 Å². The molecule has 0 aliphatic carbocycles. The van der Waals surface area contributed by atoms with Gasteiger partial charge in [-0.15, -0.1) is 0 Å². The highest BCUT2D eigenvalue weighted by Gasteiger charge is 2.29. The lowest BCUT2D eigenvalue weighted by Gasteiger charge is -2.26. The van der Waals surface area contributed by atoms with Crippen LogP contribution >= 0.6 is 0 Å². The summed E-state index contributed by atoms with van der Waals surface area (Å²) in [7, 11) is 3.13. The van der Waals surface area contributed by atoms with E-state index in [0.717, 1.165) is 11.1 Å². The third-order valence-electron chi connectivity index (χ3n) is 8.60. The Morgan fingerprint density at radius 2 is 1.80 bits per heavy atom. The molecule has 3 heterocycles. The zero-order chi connectivity index (χ0) is 35.3. The summed E-state index contributed by atoms with van der Waals surface area (Å²) in [5, 5.41) is 13.5. The van der Waals surface area contributed by atoms with E-state index in [2.05, 4.69) is 26.0 Å². The van der Waals surface area contributed by atoms with Gasteiger partial charge in [0, 0.05) is 44.9 Å². The van der Waals surface area contributed by atoms with E-state index >= 15 is 0 Å². The summed E-state index contributed by atoms with van der Waals surface area (Å²) < 4.78 is 12.3. The van der Waals surface area contributed by atoms with Crippen molar-refractivity contribution in [1.29, 1.82) is 0 Å². The van der Waals surface area contributed by atoms with E-state index in [9.17, 15) is 19.2 Å². The molecular formula is C35H48N8O6. The fourth-order valence-corrected chi connectivity index (χ4v) is 5.67. The van der Waals surface area contributed by atoms with Gasteiger partial charge in [-0.3, -0.25) is 24.2 Å². The number of carbonyl (C=O) groups is 4. The number of methoxy groups -OCH3 is 2. The second-order valence-electron chi connectivity index (χ2n) is 12.3. The van der Waals surface area contributed by atoms with Gasteiger partial charge in [0.15, 0.2) is 17.3 Å². The number of hydrogen-bond acceptors (Lipinski definition) is 9. The molecule has 0 saturated carbocycles. The summed E-state index contributed by atoms with van der Waals surface area (Å²) in [6, 6.07) is 7.76. The lowest BCUT2D eigenvalue weighted by Crippen LogP contribution is -2.51. The van der Waals surface area contributed by atoms with Gasteiger partial charge in [-0.05, 0) is 55.0 Å². The van der Waals surface area contributed by atoms with Crippen molar-refractivity contribution in [3.05, 3.63) is 65.5 Å². The van der Waals surface area contributed by atoms with Crippen LogP contribution in [-0.2, 0) is 38.6 Å². The van der Waals surface area contributed by atoms with Crippen molar-refractivity contribution in [3.8, 4) is 11.5 Å². The number of ether oxygens (including phenoxy) is 2. The maximum Gasteiger partial charge on any atom is 0.243 e. The minimum atomic E-state index is -0.784. The van der Waals surface area contributed by atoms with Crippen LogP contribution in [-0.4, -0.2) is 88.2 Å². The van der Waals surface area contributed by atoms with Crippen molar-refractivity contribution in [2.75, 3.05) is 33.9 Å². The first-order valence-electron chi connectivity index (χ1n) is 16.8. The molecular weight excluding hydrogens is 628 g/mol. The smallest absolute Gasteiger partial charge is 0.243 e. The second-order valence-corrected chi connectivity index (χ2v) is 12.3. The normalized spacial score (nSPS) is 19.0. The molecule has 264 valence electrons. The van der Waals surface area contributed by atoms with Gasteiger partial charge < -0.3 is 30.3 Å². The van der Waals surface area contributed by atoms with Crippen LogP contribution in [0.25, 0.3) is 0 Å². The maximum absolute atomic E-state index is 13.6. The van der Waals surface area contributed by atoms with Crippen molar-refractivity contribution < 1.29 is 28.7 Å². The summed E-state index contributed by atoms with van der Waals surface area (Å²) in [5.41, 5.74) is 1.67. The largest absolute Gasteiger partial charge is 0.493 e. The van der Waals surface area contributed by atoms with Gasteiger partial charge in [0.05, 0.1) is 26.7 Å². The molecule has 3 aromatic rings. The molecule has 0 spiro atoms. The van der Waals surface area contributed by atoms with Crippen LogP contribution in [0.2, 0.25) is 0 Å². The van der Waals surface area contributed by atoms with Crippen LogP contribution < -0.4 is 25.4 Å². The molecule has 1 aliphatic heterocycles. The molecule has 3 atom stereocenters. The van der Waals surface area contributed by atoms with Gasteiger partial charge in [0.2, 0.25) is 23.6 Å². The molecule has 1 aliphatic rings. The van der Waals surface area contributed by atoms with E-state index in [-0.39, 0.29) is 48.9 Å². The zero-order valence-corrected chi connectivity index (χ0v) is 29.0. The summed E-state index contributed by atoms with van der Waals surface area (Å²) in [6.07, 6.45) is 5.60. The summed E-state index contributed by atoms with van der Waals surface area (Å²) >= 11 is 0. The summed E-state index contributed by atoms with van der Waals surface area (Å²) in [6.45, 7) is 6.63. The molecule has 0 radical (unpaired) electrons. The van der Waals surface area contributed by atoms with E-state index in [1.54, 1.807) is 50.6 Å². The Morgan fingerprint density at radius 3 is 2.51 bits per heavy atom. The molecule has 2 aromatic heterocycles. The number of hydrogen-bond donors (Lipinski definition) is 3. The molecule has 49 heavy (non-hydrogen) atoms. The Kier molecular flexibility index (Phi) is 13.5. The van der Waals surface area contributed by atoms with Crippen molar-refractivity contribution in [3.63, 3.8) is 0 Å². The van der Waals surface area contributed by atoms with Crippen molar-refractivity contribution in [2.24, 2.45) is 5.92 Å². The molecule has 4 amide bonds. The van der Waals surface area contributed by atoms with E-state index in [0.29, 0.717) is 68.5 Å². The van der Waals surface area contributed by atoms with Crippen LogP contribution in [0.1, 0.15) is 75.3 Å². The minimum Gasteiger partial charge on any atom is -0.493 e. The van der Waals surface area contributed by atoms with Crippen molar-refractivity contribution in [1.82, 2.24) is 40.6 Å². The van der Waals surface area contributed by atoms with Crippen LogP contribution in [0.5, 0.6) is 11.5 Å². The highest BCUT2D eigenvalue weighted by Crippen LogP contribution is 2.28. The maximum atomic E-state index is 13.6. The van der Waals surface area contributed by atoms with E-state index in [1.165, 1.54) is 4.68 Å². The molecule has 4 rings (SSSR count). The first-order valence-corrected chi connectivity index (χ1v) is 16.8. The second kappa shape index (κ2) is 17.9. The van der Waals surface area contributed by atoms with Gasteiger partial charge in [0.25, 0.3) is 0 Å². The number of benzene rings is 1. The number of carbonyl (C=O) groups excluding carboxylic acids is 4. The number of nitrogens with one attached hydrogen (secondary N) is 3. The summed E-state index contributed by atoms with van der Waals surface area (Å²) in [4.78, 5) is 63.7. The standard InChI is InChI=1S/C35H48N8O6/c1-6-23(2)33-35(47)38-24(3)34-39-29(19-25-12-13-27(48-4)28(18-25)49-5)41-43(34)22-31(45)37-15-9-17-42(16-8-11-30(44)40-33)32(46)20-26-10-7-14-36-21-26/h7,10,12-14,18,21,23-24,33H,6,8-9,11,15-17,19-20,22H2,1-5H3,(H,37,45)(H,38,47)(H,40,44)/t23-,24+,33-/m0/s1. The SMILES string of the molecule is CC[C@H](C)[C@@H]1NC(=O)CCCN(C(=O)Cc2cccnc2)CCCNC(=O)Cn2nc(Cc3ccc(OC)c(OC)c3)nc2[C@@H](C)NC1=O. The Labute approximate surface area is 287 Å². The number of nitrogens with zero attached hydrogens (tertiary/aromatic N) is 5. The minimum absolute atomic E-state index is 0.0887. The molecule has 0 bridgehead atoms. The molecule has 14 heteroatoms. The Balaban J connectivity index is 1.58. The van der Waals surface area contributed by atoms with Gasteiger partial charge >= 0.3 is 0 Å². The fourth-order valence-electron chi connectivity index (χ4n) is 5.67. The first-order chi connectivity index (χ1) is 23.6. The zero-order valence-electron chi connectivity index (χ0n) is 29.0. The third kappa shape index (κ3) is 10.5. The number of fused-ring (bicyclic) bond motifs is 1. The number of amides is 4. The van der Waals surface area contributed by atoms with Crippen molar-refractivity contribution in [2.45, 2.75) is 77.9 Å². The Hall–Kier alpha value is -5.01. The predicted octanol–water partition coefficient (Wildman–Crippen LogP) is 2.36. The van der Waals surface area contributed by atoms with E-state index < -0.39 is 12.1 Å². The average Bonchev–Trinajstić information content (AvgIpc) is 3.49. The lowest BCUT2D eigenvalue weighted by atomic mass is 9.97. The lowest BCUT2D eigenvalue weighted by molar-refractivity contribution is -0.132. The molecule has 1 aromatic carbocycles. The topological polar surface area (TPSA) is 170 Å². The highest BCUT2D eigenvalue weighted by molar-refractivity contribution is 5.88. The summed E-state index contributed by atoms with van der Waals surface area (Å²) in [5.74, 6) is 0.890. The van der Waals surface area contributed by atoms with Gasteiger partial charge in [0.1, 0.15) is 18.4 Å². The Morgan fingerprint density at radius 1 is 1.02 bits per heavy atom. The van der Waals surface area contributed by atoms with Gasteiger partial charge in [-0.25, -0.2) is 9.67 Å². The number of rotatable bonds is 8. The van der Waals surface area contributed by atoms with Crippen LogP contribution in [0.4, 0.5) is 0 Å². The third-order valence-corrected chi connectivity index (χ3v) is 8.60. The fraction of sp³-hybridized carbons (Fsp3) is 0.514. The average molecular weight is 677 g/mol. The van der Waals surface area contributed by atoms with Crippen LogP contribution in [0, 0.1) is 5.92 Å². The first kappa shape index (κ1) is 36.8. The van der Waals surface area contributed by atoms with Crippen LogP contribution in [0.3, 0.4) is 0 Å². The number of pyridine rings is 1. The Bertz CT molecular complexity index is 1580. The van der Waals surface area contributed by atoms with Gasteiger partial charge in [-0.2, -0.15) is 5.10 Å².